The first-order valence-electron chi connectivity index (χ1n) is 11.4. The number of likely N-dealkylation sites (N-methyl/N-ethyl adjacent to an activating group) is 1. The minimum absolute atomic E-state index is 0.107. The van der Waals surface area contributed by atoms with Crippen LogP contribution in [0.25, 0.3) is 10.9 Å². The molecule has 0 unspecified atom stereocenters. The summed E-state index contributed by atoms with van der Waals surface area (Å²) in [7, 11) is 6.86. The van der Waals surface area contributed by atoms with Crippen molar-refractivity contribution in [3.8, 4) is 11.5 Å². The Bertz CT molecular complexity index is 1440. The van der Waals surface area contributed by atoms with E-state index < -0.39 is 12.0 Å². The highest BCUT2D eigenvalue weighted by Crippen LogP contribution is 2.45. The van der Waals surface area contributed by atoms with Crippen molar-refractivity contribution in [1.29, 1.82) is 0 Å². The minimum Gasteiger partial charge on any atom is -0.497 e. The number of fused-ring (bicyclic) bond motifs is 2. The van der Waals surface area contributed by atoms with Crippen molar-refractivity contribution >= 4 is 28.4 Å². The van der Waals surface area contributed by atoms with Crippen molar-refractivity contribution in [1.82, 2.24) is 9.47 Å². The van der Waals surface area contributed by atoms with Gasteiger partial charge in [0.2, 0.25) is 5.91 Å². The molecule has 2 heterocycles. The molecule has 1 aliphatic heterocycles. The Balaban J connectivity index is 1.65. The van der Waals surface area contributed by atoms with Crippen LogP contribution in [0.4, 0.5) is 5.69 Å². The highest BCUT2D eigenvalue weighted by Gasteiger charge is 2.43. The van der Waals surface area contributed by atoms with E-state index in [-0.39, 0.29) is 11.8 Å². The molecule has 7 heteroatoms. The number of aryl methyl sites for hydroxylation is 1. The fourth-order valence-corrected chi connectivity index (χ4v) is 5.07. The molecule has 0 bridgehead atoms. The second-order valence-corrected chi connectivity index (χ2v) is 8.69. The zero-order valence-electron chi connectivity index (χ0n) is 20.1. The maximum Gasteiger partial charge on any atom is 0.254 e. The number of methoxy groups -OCH3 is 2. The van der Waals surface area contributed by atoms with Crippen LogP contribution in [0.2, 0.25) is 0 Å². The minimum atomic E-state index is -0.633. The van der Waals surface area contributed by atoms with E-state index in [4.69, 9.17) is 9.47 Å². The van der Waals surface area contributed by atoms with E-state index in [0.29, 0.717) is 28.3 Å². The molecule has 1 N–H and O–H groups in total. The Hall–Kier alpha value is -4.26. The van der Waals surface area contributed by atoms with Crippen LogP contribution in [0.3, 0.4) is 0 Å². The first-order chi connectivity index (χ1) is 16.9. The van der Waals surface area contributed by atoms with Crippen LogP contribution in [-0.2, 0) is 11.8 Å². The molecule has 178 valence electrons. The molecule has 0 saturated carbocycles. The number of para-hydroxylation sites is 1. The first-order valence-corrected chi connectivity index (χ1v) is 11.4. The predicted octanol–water partition coefficient (Wildman–Crippen LogP) is 4.74. The van der Waals surface area contributed by atoms with E-state index in [1.54, 1.807) is 50.4 Å². The Morgan fingerprint density at radius 3 is 2.43 bits per heavy atom. The largest absolute Gasteiger partial charge is 0.497 e. The summed E-state index contributed by atoms with van der Waals surface area (Å²) >= 11 is 0. The third-order valence-electron chi connectivity index (χ3n) is 6.78. The van der Waals surface area contributed by atoms with Crippen molar-refractivity contribution < 1.29 is 19.1 Å². The summed E-state index contributed by atoms with van der Waals surface area (Å²) in [6.07, 6.45) is 2.02. The van der Waals surface area contributed by atoms with Gasteiger partial charge >= 0.3 is 0 Å². The van der Waals surface area contributed by atoms with Gasteiger partial charge in [-0.2, -0.15) is 0 Å². The summed E-state index contributed by atoms with van der Waals surface area (Å²) in [5.41, 5.74) is 3.74. The molecule has 0 radical (unpaired) electrons. The molecule has 3 aromatic carbocycles. The van der Waals surface area contributed by atoms with Crippen LogP contribution in [0.15, 0.2) is 72.9 Å². The van der Waals surface area contributed by atoms with E-state index in [2.05, 4.69) is 5.32 Å². The average Bonchev–Trinajstić information content (AvgIpc) is 3.22. The standard InChI is InChI=1S/C28H27N3O4/c1-30-16-21(18-9-7-8-12-23(18)30)26-25(19-10-5-6-11-20(19)28(33)31(26)2)27(32)29-22-14-13-17(34-3)15-24(22)35-4/h5-16,25-26H,1-4H3,(H,29,32)/t25-,26-/m1/s1. The van der Waals surface area contributed by atoms with Gasteiger partial charge in [-0.3, -0.25) is 9.59 Å². The molecule has 0 saturated heterocycles. The molecule has 0 spiro atoms. The van der Waals surface area contributed by atoms with Crippen LogP contribution >= 0.6 is 0 Å². The van der Waals surface area contributed by atoms with E-state index in [1.807, 2.05) is 60.3 Å². The van der Waals surface area contributed by atoms with Gasteiger partial charge < -0.3 is 24.3 Å². The number of anilines is 1. The molecule has 0 aliphatic carbocycles. The lowest BCUT2D eigenvalue weighted by atomic mass is 9.79. The van der Waals surface area contributed by atoms with Crippen LogP contribution < -0.4 is 14.8 Å². The Morgan fingerprint density at radius 2 is 1.66 bits per heavy atom. The number of hydrogen-bond donors (Lipinski definition) is 1. The lowest BCUT2D eigenvalue weighted by Crippen LogP contribution is -2.44. The van der Waals surface area contributed by atoms with Crippen molar-refractivity contribution in [2.45, 2.75) is 12.0 Å². The van der Waals surface area contributed by atoms with Crippen molar-refractivity contribution in [3.63, 3.8) is 0 Å². The number of rotatable bonds is 5. The number of carbonyl (C=O) groups is 2. The van der Waals surface area contributed by atoms with Gasteiger partial charge in [0, 0.05) is 48.4 Å². The van der Waals surface area contributed by atoms with Gasteiger partial charge in [0.1, 0.15) is 11.5 Å². The highest BCUT2D eigenvalue weighted by atomic mass is 16.5. The monoisotopic (exact) mass is 469 g/mol. The molecule has 1 aromatic heterocycles. The smallest absolute Gasteiger partial charge is 0.254 e. The lowest BCUT2D eigenvalue weighted by Gasteiger charge is -2.39. The fraction of sp³-hybridized carbons (Fsp3) is 0.214. The molecular formula is C28H27N3O4. The number of benzene rings is 3. The van der Waals surface area contributed by atoms with Crippen molar-refractivity contribution in [2.24, 2.45) is 7.05 Å². The van der Waals surface area contributed by atoms with Gasteiger partial charge in [-0.15, -0.1) is 0 Å². The van der Waals surface area contributed by atoms with Gasteiger partial charge in [-0.1, -0.05) is 36.4 Å². The second kappa shape index (κ2) is 8.83. The number of amides is 2. The van der Waals surface area contributed by atoms with E-state index in [9.17, 15) is 9.59 Å². The number of hydrogen-bond acceptors (Lipinski definition) is 4. The Morgan fingerprint density at radius 1 is 0.914 bits per heavy atom. The molecular weight excluding hydrogens is 442 g/mol. The second-order valence-electron chi connectivity index (χ2n) is 8.69. The molecule has 2 atom stereocenters. The van der Waals surface area contributed by atoms with E-state index in [0.717, 1.165) is 16.5 Å². The maximum atomic E-state index is 14.0. The number of ether oxygens (including phenoxy) is 2. The third kappa shape index (κ3) is 3.69. The van der Waals surface area contributed by atoms with E-state index >= 15 is 0 Å². The summed E-state index contributed by atoms with van der Waals surface area (Å²) in [5, 5.41) is 4.06. The molecule has 7 nitrogen and oxygen atoms in total. The molecule has 5 rings (SSSR count). The summed E-state index contributed by atoms with van der Waals surface area (Å²) in [4.78, 5) is 29.1. The van der Waals surface area contributed by atoms with Crippen LogP contribution in [0, 0.1) is 0 Å². The molecule has 2 amide bonds. The topological polar surface area (TPSA) is 72.8 Å². The molecule has 35 heavy (non-hydrogen) atoms. The van der Waals surface area contributed by atoms with E-state index in [1.165, 1.54) is 0 Å². The summed E-state index contributed by atoms with van der Waals surface area (Å²) in [6, 6.07) is 20.1. The number of carbonyl (C=O) groups excluding carboxylic acids is 2. The summed E-state index contributed by atoms with van der Waals surface area (Å²) < 4.78 is 12.8. The summed E-state index contributed by atoms with van der Waals surface area (Å²) in [5.74, 6) is 0.157. The molecule has 4 aromatic rings. The van der Waals surface area contributed by atoms with Crippen LogP contribution in [0.1, 0.15) is 33.4 Å². The zero-order chi connectivity index (χ0) is 24.7. The van der Waals surface area contributed by atoms with Crippen molar-refractivity contribution in [3.05, 3.63) is 89.6 Å². The maximum absolute atomic E-state index is 14.0. The highest BCUT2D eigenvalue weighted by molar-refractivity contribution is 6.05. The van der Waals surface area contributed by atoms with Crippen LogP contribution in [-0.4, -0.2) is 42.5 Å². The van der Waals surface area contributed by atoms with Gasteiger partial charge in [-0.05, 0) is 29.8 Å². The third-order valence-corrected chi connectivity index (χ3v) is 6.78. The van der Waals surface area contributed by atoms with Gasteiger partial charge in [-0.25, -0.2) is 0 Å². The SMILES string of the molecule is COc1ccc(NC(=O)[C@@H]2c3ccccc3C(=O)N(C)[C@@H]2c2cn(C)c3ccccc23)c(OC)c1. The van der Waals surface area contributed by atoms with Gasteiger partial charge in [0.15, 0.2) is 0 Å². The quantitative estimate of drug-likeness (QED) is 0.458. The van der Waals surface area contributed by atoms with Gasteiger partial charge in [0.25, 0.3) is 5.91 Å². The summed E-state index contributed by atoms with van der Waals surface area (Å²) in [6.45, 7) is 0. The van der Waals surface area contributed by atoms with Gasteiger partial charge in [0.05, 0.1) is 31.9 Å². The Labute approximate surface area is 203 Å². The Kier molecular flexibility index (Phi) is 5.68. The van der Waals surface area contributed by atoms with Crippen LogP contribution in [0.5, 0.6) is 11.5 Å². The fourth-order valence-electron chi connectivity index (χ4n) is 5.07. The number of nitrogens with zero attached hydrogens (tertiary/aromatic N) is 2. The zero-order valence-corrected chi connectivity index (χ0v) is 20.1. The average molecular weight is 470 g/mol. The first kappa shape index (κ1) is 22.5. The predicted molar refractivity (Wildman–Crippen MR) is 135 cm³/mol. The number of aromatic nitrogens is 1. The number of nitrogens with one attached hydrogen (secondary N) is 1. The lowest BCUT2D eigenvalue weighted by molar-refractivity contribution is -0.119. The molecule has 0 fully saturated rings. The molecule has 1 aliphatic rings. The van der Waals surface area contributed by atoms with Crippen molar-refractivity contribution in [2.75, 3.05) is 26.6 Å². The normalized spacial score (nSPS) is 17.3.